The van der Waals surface area contributed by atoms with Gasteiger partial charge in [-0.3, -0.25) is 0 Å². The second-order valence-electron chi connectivity index (χ2n) is 5.08. The van der Waals surface area contributed by atoms with E-state index < -0.39 is 0 Å². The van der Waals surface area contributed by atoms with E-state index in [0.717, 1.165) is 31.3 Å². The molecule has 0 spiro atoms. The molecule has 0 radical (unpaired) electrons. The number of nitrogens with zero attached hydrogens (tertiary/aromatic N) is 2. The van der Waals surface area contributed by atoms with Gasteiger partial charge in [0.2, 0.25) is 11.8 Å². The maximum absolute atomic E-state index is 5.74. The highest BCUT2D eigenvalue weighted by Gasteiger charge is 2.25. The van der Waals surface area contributed by atoms with Crippen molar-refractivity contribution in [1.82, 2.24) is 15.5 Å². The normalized spacial score (nSPS) is 26.6. The van der Waals surface area contributed by atoms with E-state index >= 15 is 0 Å². The fourth-order valence-electron chi connectivity index (χ4n) is 2.51. The molecule has 0 aromatic carbocycles. The average molecular weight is 221 g/mol. The van der Waals surface area contributed by atoms with E-state index in [1.165, 1.54) is 32.1 Å². The monoisotopic (exact) mass is 221 g/mol. The van der Waals surface area contributed by atoms with E-state index in [9.17, 15) is 0 Å². The zero-order chi connectivity index (χ0) is 10.8. The largest absolute Gasteiger partial charge is 0.425 e. The van der Waals surface area contributed by atoms with E-state index in [2.05, 4.69) is 15.5 Å². The Balaban J connectivity index is 1.58. The van der Waals surface area contributed by atoms with Crippen LogP contribution in [0, 0.1) is 5.92 Å². The summed E-state index contributed by atoms with van der Waals surface area (Å²) in [6.07, 6.45) is 7.28. The van der Waals surface area contributed by atoms with Crippen molar-refractivity contribution in [2.75, 3.05) is 13.1 Å². The summed E-state index contributed by atoms with van der Waals surface area (Å²) in [7, 11) is 0. The first-order valence-electron chi connectivity index (χ1n) is 6.45. The predicted octanol–water partition coefficient (Wildman–Crippen LogP) is 1.88. The minimum atomic E-state index is 0.561. The first kappa shape index (κ1) is 10.3. The maximum Gasteiger partial charge on any atom is 0.219 e. The molecule has 3 rings (SSSR count). The number of rotatable bonds is 3. The quantitative estimate of drug-likeness (QED) is 0.846. The van der Waals surface area contributed by atoms with E-state index in [0.29, 0.717) is 11.8 Å². The van der Waals surface area contributed by atoms with Crippen molar-refractivity contribution in [3.63, 3.8) is 0 Å². The van der Waals surface area contributed by atoms with Crippen LogP contribution in [0.1, 0.15) is 49.8 Å². The van der Waals surface area contributed by atoms with Crippen LogP contribution in [0.15, 0.2) is 4.42 Å². The highest BCUT2D eigenvalue weighted by atomic mass is 16.4. The highest BCUT2D eigenvalue weighted by molar-refractivity contribution is 4.96. The van der Waals surface area contributed by atoms with Crippen LogP contribution >= 0.6 is 0 Å². The van der Waals surface area contributed by atoms with Crippen molar-refractivity contribution in [1.29, 1.82) is 0 Å². The molecular weight excluding hydrogens is 202 g/mol. The van der Waals surface area contributed by atoms with Gasteiger partial charge in [-0.2, -0.15) is 0 Å². The Labute approximate surface area is 95.8 Å². The lowest BCUT2D eigenvalue weighted by molar-refractivity contribution is 0.304. The van der Waals surface area contributed by atoms with Gasteiger partial charge in [0.15, 0.2) is 0 Å². The van der Waals surface area contributed by atoms with Crippen LogP contribution in [0.5, 0.6) is 0 Å². The third kappa shape index (κ3) is 2.12. The van der Waals surface area contributed by atoms with Crippen LogP contribution in [-0.2, 0) is 6.42 Å². The van der Waals surface area contributed by atoms with Crippen molar-refractivity contribution in [2.45, 2.75) is 44.4 Å². The summed E-state index contributed by atoms with van der Waals surface area (Å²) in [4.78, 5) is 0. The Morgan fingerprint density at radius 1 is 1.19 bits per heavy atom. The van der Waals surface area contributed by atoms with Crippen LogP contribution in [-0.4, -0.2) is 23.3 Å². The minimum absolute atomic E-state index is 0.561. The molecule has 4 heteroatoms. The molecule has 1 N–H and O–H groups in total. The molecule has 1 saturated heterocycles. The lowest BCUT2D eigenvalue weighted by atomic mass is 9.85. The lowest BCUT2D eigenvalue weighted by Crippen LogP contribution is -2.30. The lowest BCUT2D eigenvalue weighted by Gasteiger charge is -2.22. The van der Waals surface area contributed by atoms with E-state index in [1.54, 1.807) is 0 Å². The second kappa shape index (κ2) is 4.53. The third-order valence-corrected chi connectivity index (χ3v) is 3.80. The molecule has 88 valence electrons. The van der Waals surface area contributed by atoms with Gasteiger partial charge in [0, 0.05) is 12.3 Å². The fraction of sp³-hybridized carbons (Fsp3) is 0.833. The van der Waals surface area contributed by atoms with Gasteiger partial charge < -0.3 is 9.73 Å². The van der Waals surface area contributed by atoms with Crippen molar-refractivity contribution in [3.8, 4) is 0 Å². The summed E-state index contributed by atoms with van der Waals surface area (Å²) in [6.45, 7) is 2.26. The third-order valence-electron chi connectivity index (χ3n) is 3.80. The Bertz CT molecular complexity index is 340. The summed E-state index contributed by atoms with van der Waals surface area (Å²) in [5.74, 6) is 2.97. The number of nitrogens with one attached hydrogen (secondary N) is 1. The van der Waals surface area contributed by atoms with Gasteiger partial charge >= 0.3 is 0 Å². The molecule has 1 aromatic rings. The summed E-state index contributed by atoms with van der Waals surface area (Å²) in [6, 6.07) is 0. The second-order valence-corrected chi connectivity index (χ2v) is 5.08. The summed E-state index contributed by atoms with van der Waals surface area (Å²) in [5.41, 5.74) is 0. The number of aromatic nitrogens is 2. The Hall–Kier alpha value is -0.900. The number of hydrogen-bond acceptors (Lipinski definition) is 4. The van der Waals surface area contributed by atoms with Crippen LogP contribution in [0.25, 0.3) is 0 Å². The van der Waals surface area contributed by atoms with E-state index in [4.69, 9.17) is 4.42 Å². The van der Waals surface area contributed by atoms with Crippen molar-refractivity contribution >= 4 is 0 Å². The Morgan fingerprint density at radius 2 is 2.12 bits per heavy atom. The minimum Gasteiger partial charge on any atom is -0.425 e. The molecule has 1 unspecified atom stereocenters. The number of hydrogen-bond donors (Lipinski definition) is 1. The summed E-state index contributed by atoms with van der Waals surface area (Å²) >= 11 is 0. The molecule has 1 aliphatic heterocycles. The SMILES string of the molecule is C1CNCC(Cc2nnc(C3CCC3)o2)C1. The molecule has 1 aliphatic carbocycles. The average Bonchev–Trinajstić information content (AvgIpc) is 2.65. The molecule has 0 bridgehead atoms. The first-order valence-corrected chi connectivity index (χ1v) is 6.45. The molecule has 1 aromatic heterocycles. The van der Waals surface area contributed by atoms with Gasteiger partial charge in [-0.25, -0.2) is 0 Å². The molecule has 0 amide bonds. The summed E-state index contributed by atoms with van der Waals surface area (Å²) < 4.78 is 5.74. The molecular formula is C12H19N3O. The smallest absolute Gasteiger partial charge is 0.219 e. The molecule has 2 aliphatic rings. The molecule has 16 heavy (non-hydrogen) atoms. The standard InChI is InChI=1S/C12H19N3O/c1-4-10(5-1)12-15-14-11(16-12)7-9-3-2-6-13-8-9/h9-10,13H,1-8H2. The van der Waals surface area contributed by atoms with Crippen molar-refractivity contribution in [3.05, 3.63) is 11.8 Å². The maximum atomic E-state index is 5.74. The van der Waals surface area contributed by atoms with Crippen LogP contribution in [0.3, 0.4) is 0 Å². The van der Waals surface area contributed by atoms with Crippen LogP contribution < -0.4 is 5.32 Å². The number of piperidine rings is 1. The van der Waals surface area contributed by atoms with Gasteiger partial charge in [-0.1, -0.05) is 6.42 Å². The molecule has 4 nitrogen and oxygen atoms in total. The predicted molar refractivity (Wildman–Crippen MR) is 60.2 cm³/mol. The van der Waals surface area contributed by atoms with Crippen LogP contribution in [0.2, 0.25) is 0 Å². The molecule has 2 heterocycles. The van der Waals surface area contributed by atoms with E-state index in [-0.39, 0.29) is 0 Å². The first-order chi connectivity index (χ1) is 7.92. The molecule has 1 atom stereocenters. The Morgan fingerprint density at radius 3 is 2.81 bits per heavy atom. The van der Waals surface area contributed by atoms with E-state index in [1.807, 2.05) is 0 Å². The zero-order valence-corrected chi connectivity index (χ0v) is 9.61. The molecule has 2 fully saturated rings. The van der Waals surface area contributed by atoms with Gasteiger partial charge in [-0.05, 0) is 44.7 Å². The van der Waals surface area contributed by atoms with Gasteiger partial charge in [-0.15, -0.1) is 10.2 Å². The summed E-state index contributed by atoms with van der Waals surface area (Å²) in [5, 5.41) is 11.8. The molecule has 1 saturated carbocycles. The van der Waals surface area contributed by atoms with Gasteiger partial charge in [0.1, 0.15) is 0 Å². The van der Waals surface area contributed by atoms with Crippen molar-refractivity contribution in [2.24, 2.45) is 5.92 Å². The fourth-order valence-corrected chi connectivity index (χ4v) is 2.51. The topological polar surface area (TPSA) is 51.0 Å². The Kier molecular flexibility index (Phi) is 2.91. The van der Waals surface area contributed by atoms with Gasteiger partial charge in [0.25, 0.3) is 0 Å². The van der Waals surface area contributed by atoms with Crippen molar-refractivity contribution < 1.29 is 4.42 Å². The zero-order valence-electron chi connectivity index (χ0n) is 9.61. The highest BCUT2D eigenvalue weighted by Crippen LogP contribution is 2.35. The van der Waals surface area contributed by atoms with Crippen LogP contribution in [0.4, 0.5) is 0 Å². The van der Waals surface area contributed by atoms with Gasteiger partial charge in [0.05, 0.1) is 0 Å².